The maximum atomic E-state index is 14.6. The number of nitrogens with one attached hydrogen (secondary N) is 1. The van der Waals surface area contributed by atoms with E-state index in [1.165, 1.54) is 12.1 Å². The van der Waals surface area contributed by atoms with Gasteiger partial charge in [0, 0.05) is 24.3 Å². The minimum absolute atomic E-state index is 0.286. The van der Waals surface area contributed by atoms with Crippen LogP contribution in [0.15, 0.2) is 60.9 Å². The highest BCUT2D eigenvalue weighted by molar-refractivity contribution is 5.79. The number of hydrogen-bond donors (Lipinski definition) is 1. The van der Waals surface area contributed by atoms with Crippen molar-refractivity contribution >= 4 is 0 Å². The number of halogens is 2. The van der Waals surface area contributed by atoms with Crippen molar-refractivity contribution in [3.8, 4) is 22.5 Å². The van der Waals surface area contributed by atoms with Gasteiger partial charge in [-0.3, -0.25) is 5.10 Å². The molecule has 0 radical (unpaired) electrons. The molecule has 4 rings (SSSR count). The molecule has 0 spiro atoms. The molecule has 0 unspecified atom stereocenters. The molecule has 4 aromatic rings. The van der Waals surface area contributed by atoms with E-state index in [-0.39, 0.29) is 5.56 Å². The lowest BCUT2D eigenvalue weighted by atomic mass is 10.0. The van der Waals surface area contributed by atoms with Gasteiger partial charge >= 0.3 is 0 Å². The summed E-state index contributed by atoms with van der Waals surface area (Å²) in [5, 5.41) is 7.15. The predicted molar refractivity (Wildman–Crippen MR) is 101 cm³/mol. The second-order valence-electron chi connectivity index (χ2n) is 6.38. The van der Waals surface area contributed by atoms with Gasteiger partial charge in [-0.2, -0.15) is 5.10 Å². The number of imidazole rings is 1. The first kappa shape index (κ1) is 18.1. The zero-order valence-electron chi connectivity index (χ0n) is 15.2. The molecule has 1 N–H and O–H groups in total. The Bertz CT molecular complexity index is 1090. The fourth-order valence-corrected chi connectivity index (χ4v) is 3.17. The summed E-state index contributed by atoms with van der Waals surface area (Å²) in [5.41, 5.74) is 3.94. The Labute approximate surface area is 160 Å². The summed E-state index contributed by atoms with van der Waals surface area (Å²) in [4.78, 5) is 4.51. The molecular weight excluding hydrogens is 362 g/mol. The molecule has 0 atom stereocenters. The molecule has 0 bridgehead atoms. The Morgan fingerprint density at radius 3 is 2.64 bits per heavy atom. The second-order valence-corrected chi connectivity index (χ2v) is 6.38. The Hall–Kier alpha value is -3.32. The number of nitrogens with zero attached hydrogens (tertiary/aromatic N) is 3. The predicted octanol–water partition coefficient (Wildman–Crippen LogP) is 4.41. The smallest absolute Gasteiger partial charge is 0.135 e. The number of ether oxygens (including phenoxy) is 1. The number of hydrogen-bond acceptors (Lipinski definition) is 3. The highest BCUT2D eigenvalue weighted by Gasteiger charge is 2.19. The molecule has 142 valence electrons. The Balaban J connectivity index is 1.81. The summed E-state index contributed by atoms with van der Waals surface area (Å²) in [7, 11) is 1.60. The van der Waals surface area contributed by atoms with Crippen LogP contribution in [0.25, 0.3) is 22.5 Å². The van der Waals surface area contributed by atoms with Crippen molar-refractivity contribution in [3.05, 3.63) is 83.9 Å². The summed E-state index contributed by atoms with van der Waals surface area (Å²) in [6.07, 6.45) is 1.65. The number of benzene rings is 2. The summed E-state index contributed by atoms with van der Waals surface area (Å²) in [6, 6.07) is 15.0. The van der Waals surface area contributed by atoms with Crippen molar-refractivity contribution in [2.45, 2.75) is 13.2 Å². The summed E-state index contributed by atoms with van der Waals surface area (Å²) >= 11 is 0. The third-order valence-electron chi connectivity index (χ3n) is 4.39. The van der Waals surface area contributed by atoms with Crippen LogP contribution in [0.1, 0.15) is 11.4 Å². The number of rotatable bonds is 6. The molecule has 0 aliphatic rings. The highest BCUT2D eigenvalue weighted by atomic mass is 19.1. The van der Waals surface area contributed by atoms with E-state index in [1.807, 2.05) is 41.0 Å². The van der Waals surface area contributed by atoms with Gasteiger partial charge in [0.25, 0.3) is 0 Å². The van der Waals surface area contributed by atoms with Crippen LogP contribution in [-0.2, 0) is 17.9 Å². The van der Waals surface area contributed by atoms with Gasteiger partial charge < -0.3 is 9.30 Å². The van der Waals surface area contributed by atoms with Gasteiger partial charge in [-0.25, -0.2) is 13.8 Å². The number of aromatic nitrogens is 4. The SMILES string of the molecule is COCc1cc(Cn2cnc(-c3ccccc3)c2-c2ccc(F)cc2F)[nH]n1. The Morgan fingerprint density at radius 1 is 1.07 bits per heavy atom. The lowest BCUT2D eigenvalue weighted by Gasteiger charge is -2.11. The third-order valence-corrected chi connectivity index (χ3v) is 4.39. The van der Waals surface area contributed by atoms with E-state index < -0.39 is 11.6 Å². The first-order chi connectivity index (χ1) is 13.7. The second kappa shape index (κ2) is 7.74. The van der Waals surface area contributed by atoms with Crippen molar-refractivity contribution < 1.29 is 13.5 Å². The van der Waals surface area contributed by atoms with Crippen molar-refractivity contribution in [2.24, 2.45) is 0 Å². The van der Waals surface area contributed by atoms with E-state index in [1.54, 1.807) is 13.4 Å². The zero-order chi connectivity index (χ0) is 19.5. The molecule has 5 nitrogen and oxygen atoms in total. The van der Waals surface area contributed by atoms with E-state index in [4.69, 9.17) is 4.74 Å². The summed E-state index contributed by atoms with van der Waals surface area (Å²) in [6.45, 7) is 0.803. The lowest BCUT2D eigenvalue weighted by molar-refractivity contribution is 0.181. The largest absolute Gasteiger partial charge is 0.378 e. The van der Waals surface area contributed by atoms with E-state index in [0.29, 0.717) is 24.5 Å². The molecule has 28 heavy (non-hydrogen) atoms. The van der Waals surface area contributed by atoms with Crippen LogP contribution < -0.4 is 0 Å². The minimum atomic E-state index is -0.636. The number of methoxy groups -OCH3 is 1. The summed E-state index contributed by atoms with van der Waals surface area (Å²) in [5.74, 6) is -1.25. The minimum Gasteiger partial charge on any atom is -0.378 e. The topological polar surface area (TPSA) is 55.7 Å². The highest BCUT2D eigenvalue weighted by Crippen LogP contribution is 2.33. The van der Waals surface area contributed by atoms with Gasteiger partial charge in [0.2, 0.25) is 0 Å². The zero-order valence-corrected chi connectivity index (χ0v) is 15.2. The van der Waals surface area contributed by atoms with Gasteiger partial charge in [-0.05, 0) is 18.2 Å². The molecule has 2 heterocycles. The fourth-order valence-electron chi connectivity index (χ4n) is 3.17. The molecule has 0 saturated heterocycles. The van der Waals surface area contributed by atoms with E-state index in [0.717, 1.165) is 23.0 Å². The van der Waals surface area contributed by atoms with Crippen LogP contribution >= 0.6 is 0 Å². The number of H-pyrrole nitrogens is 1. The van der Waals surface area contributed by atoms with Crippen LogP contribution in [0.5, 0.6) is 0 Å². The normalized spacial score (nSPS) is 11.1. The van der Waals surface area contributed by atoms with Crippen molar-refractivity contribution in [1.82, 2.24) is 19.7 Å². The van der Waals surface area contributed by atoms with E-state index in [9.17, 15) is 8.78 Å². The van der Waals surface area contributed by atoms with Gasteiger partial charge in [-0.15, -0.1) is 0 Å². The molecule has 0 amide bonds. The van der Waals surface area contributed by atoms with Crippen molar-refractivity contribution in [1.29, 1.82) is 0 Å². The van der Waals surface area contributed by atoms with Crippen LogP contribution in [0.2, 0.25) is 0 Å². The van der Waals surface area contributed by atoms with Gasteiger partial charge in [0.15, 0.2) is 0 Å². The van der Waals surface area contributed by atoms with Crippen molar-refractivity contribution in [3.63, 3.8) is 0 Å². The average Bonchev–Trinajstić information content (AvgIpc) is 3.30. The first-order valence-electron chi connectivity index (χ1n) is 8.74. The molecular formula is C21H18F2N4O. The molecule has 2 aromatic carbocycles. The quantitative estimate of drug-likeness (QED) is 0.539. The summed E-state index contributed by atoms with van der Waals surface area (Å²) < 4.78 is 35.0. The van der Waals surface area contributed by atoms with Crippen LogP contribution in [-0.4, -0.2) is 26.9 Å². The van der Waals surface area contributed by atoms with Crippen molar-refractivity contribution in [2.75, 3.05) is 7.11 Å². The molecule has 0 aliphatic carbocycles. The number of aromatic amines is 1. The first-order valence-corrected chi connectivity index (χ1v) is 8.74. The Kier molecular flexibility index (Phi) is 4.99. The maximum Gasteiger partial charge on any atom is 0.135 e. The average molecular weight is 380 g/mol. The van der Waals surface area contributed by atoms with Gasteiger partial charge in [0.05, 0.1) is 42.3 Å². The fraction of sp³-hybridized carbons (Fsp3) is 0.143. The standard InChI is InChI=1S/C21H18F2N4O/c1-28-12-17-10-16(25-26-17)11-27-13-24-20(14-5-3-2-4-6-14)21(27)18-8-7-15(22)9-19(18)23/h2-10,13H,11-12H2,1H3,(H,25,26). The third kappa shape index (κ3) is 3.57. The molecule has 0 saturated carbocycles. The lowest BCUT2D eigenvalue weighted by Crippen LogP contribution is -2.03. The van der Waals surface area contributed by atoms with Gasteiger partial charge in [-0.1, -0.05) is 30.3 Å². The van der Waals surface area contributed by atoms with Gasteiger partial charge in [0.1, 0.15) is 11.6 Å². The van der Waals surface area contributed by atoms with E-state index >= 15 is 0 Å². The maximum absolute atomic E-state index is 14.6. The van der Waals surface area contributed by atoms with Crippen LogP contribution in [0.4, 0.5) is 8.78 Å². The van der Waals surface area contributed by atoms with E-state index in [2.05, 4.69) is 15.2 Å². The molecule has 7 heteroatoms. The Morgan fingerprint density at radius 2 is 1.89 bits per heavy atom. The van der Waals surface area contributed by atoms with Crippen LogP contribution in [0.3, 0.4) is 0 Å². The van der Waals surface area contributed by atoms with Crippen LogP contribution in [0, 0.1) is 11.6 Å². The monoisotopic (exact) mass is 380 g/mol. The molecule has 0 aliphatic heterocycles. The molecule has 2 aromatic heterocycles. The molecule has 0 fully saturated rings.